The Hall–Kier alpha value is -1.36. The molecule has 19 heavy (non-hydrogen) atoms. The number of esters is 1. The Balaban J connectivity index is 2.19. The molecule has 4 nitrogen and oxygen atoms in total. The van der Waals surface area contributed by atoms with Gasteiger partial charge in [-0.2, -0.15) is 0 Å². The van der Waals surface area contributed by atoms with Crippen LogP contribution in [0.1, 0.15) is 47.0 Å². The standard InChI is InChI=1S/C14H19NO3S/c1-4-7-18-14(17)11-8(2)9(3)19-13(11)15-12(16)10-5-6-10/h10H,4-7H2,1-3H3,(H,15,16). The van der Waals surface area contributed by atoms with E-state index in [0.717, 1.165) is 29.7 Å². The number of rotatable bonds is 5. The molecule has 1 fully saturated rings. The average Bonchev–Trinajstić information content (AvgIpc) is 3.16. The highest BCUT2D eigenvalue weighted by atomic mass is 32.1. The third-order valence-corrected chi connectivity index (χ3v) is 4.33. The molecule has 1 N–H and O–H groups in total. The van der Waals surface area contributed by atoms with Crippen molar-refractivity contribution in [1.82, 2.24) is 0 Å². The summed E-state index contributed by atoms with van der Waals surface area (Å²) < 4.78 is 5.19. The molecule has 1 aliphatic carbocycles. The SMILES string of the molecule is CCCOC(=O)c1c(NC(=O)C2CC2)sc(C)c1C. The van der Waals surface area contributed by atoms with Crippen LogP contribution in [0.15, 0.2) is 0 Å². The molecule has 0 saturated heterocycles. The first-order valence-corrected chi connectivity index (χ1v) is 7.44. The van der Waals surface area contributed by atoms with Crippen LogP contribution in [0.25, 0.3) is 0 Å². The lowest BCUT2D eigenvalue weighted by Gasteiger charge is -2.07. The normalized spacial score (nSPS) is 14.3. The van der Waals surface area contributed by atoms with Crippen molar-refractivity contribution in [3.63, 3.8) is 0 Å². The van der Waals surface area contributed by atoms with Crippen molar-refractivity contribution >= 4 is 28.2 Å². The Bertz CT molecular complexity index is 503. The number of ether oxygens (including phenoxy) is 1. The molecule has 1 aromatic rings. The van der Waals surface area contributed by atoms with Crippen molar-refractivity contribution in [2.75, 3.05) is 11.9 Å². The number of carbonyl (C=O) groups excluding carboxylic acids is 2. The van der Waals surface area contributed by atoms with Crippen LogP contribution in [0.3, 0.4) is 0 Å². The molecule has 5 heteroatoms. The van der Waals surface area contributed by atoms with E-state index in [2.05, 4.69) is 5.32 Å². The molecule has 1 aromatic heterocycles. The van der Waals surface area contributed by atoms with Crippen LogP contribution in [0, 0.1) is 19.8 Å². The predicted octanol–water partition coefficient (Wildman–Crippen LogP) is 3.28. The van der Waals surface area contributed by atoms with Crippen LogP contribution in [0.2, 0.25) is 0 Å². The van der Waals surface area contributed by atoms with Gasteiger partial charge in [0.05, 0.1) is 12.2 Å². The van der Waals surface area contributed by atoms with Gasteiger partial charge in [-0.1, -0.05) is 6.92 Å². The minimum atomic E-state index is -0.338. The summed E-state index contributed by atoms with van der Waals surface area (Å²) in [6, 6.07) is 0. The monoisotopic (exact) mass is 281 g/mol. The van der Waals surface area contributed by atoms with E-state index in [4.69, 9.17) is 4.74 Å². The summed E-state index contributed by atoms with van der Waals surface area (Å²) in [5, 5.41) is 3.50. The van der Waals surface area contributed by atoms with Gasteiger partial charge in [0.1, 0.15) is 5.00 Å². The second-order valence-corrected chi connectivity index (χ2v) is 6.11. The molecule has 1 heterocycles. The highest BCUT2D eigenvalue weighted by Gasteiger charge is 2.31. The fourth-order valence-corrected chi connectivity index (χ4v) is 2.84. The lowest BCUT2D eigenvalue weighted by atomic mass is 10.1. The summed E-state index contributed by atoms with van der Waals surface area (Å²) in [6.45, 7) is 6.20. The number of aryl methyl sites for hydroxylation is 1. The first-order chi connectivity index (χ1) is 9.04. The van der Waals surface area contributed by atoms with Gasteiger partial charge >= 0.3 is 5.97 Å². The number of amides is 1. The van der Waals surface area contributed by atoms with Crippen LogP contribution in [0.5, 0.6) is 0 Å². The van der Waals surface area contributed by atoms with E-state index in [1.54, 1.807) is 0 Å². The number of hydrogen-bond donors (Lipinski definition) is 1. The number of carbonyl (C=O) groups is 2. The van der Waals surface area contributed by atoms with E-state index in [9.17, 15) is 9.59 Å². The van der Waals surface area contributed by atoms with Gasteiger partial charge in [0, 0.05) is 10.8 Å². The molecule has 1 amide bonds. The number of anilines is 1. The maximum atomic E-state index is 12.1. The molecule has 0 atom stereocenters. The van der Waals surface area contributed by atoms with Crippen molar-refractivity contribution in [2.45, 2.75) is 40.0 Å². The Labute approximate surface area is 117 Å². The molecule has 0 aromatic carbocycles. The molecule has 2 rings (SSSR count). The summed E-state index contributed by atoms with van der Waals surface area (Å²) in [4.78, 5) is 24.9. The molecule has 0 unspecified atom stereocenters. The molecule has 1 saturated carbocycles. The van der Waals surface area contributed by atoms with Crippen molar-refractivity contribution in [1.29, 1.82) is 0 Å². The zero-order valence-corrected chi connectivity index (χ0v) is 12.4. The molecular weight excluding hydrogens is 262 g/mol. The lowest BCUT2D eigenvalue weighted by Crippen LogP contribution is -2.16. The van der Waals surface area contributed by atoms with Gasteiger partial charge in [-0.05, 0) is 38.7 Å². The highest BCUT2D eigenvalue weighted by molar-refractivity contribution is 7.16. The lowest BCUT2D eigenvalue weighted by molar-refractivity contribution is -0.117. The van der Waals surface area contributed by atoms with Crippen LogP contribution < -0.4 is 5.32 Å². The fourth-order valence-electron chi connectivity index (χ4n) is 1.79. The summed E-state index contributed by atoms with van der Waals surface area (Å²) in [6.07, 6.45) is 2.69. The Kier molecular flexibility index (Phi) is 4.24. The van der Waals surface area contributed by atoms with Gasteiger partial charge in [-0.25, -0.2) is 4.79 Å². The Morgan fingerprint density at radius 3 is 2.63 bits per heavy atom. The van der Waals surface area contributed by atoms with Crippen LogP contribution in [-0.4, -0.2) is 18.5 Å². The zero-order valence-electron chi connectivity index (χ0n) is 11.5. The van der Waals surface area contributed by atoms with Gasteiger partial charge in [-0.15, -0.1) is 11.3 Å². The second kappa shape index (κ2) is 5.74. The molecule has 0 bridgehead atoms. The van der Waals surface area contributed by atoms with E-state index < -0.39 is 0 Å². The maximum Gasteiger partial charge on any atom is 0.341 e. The molecule has 0 radical (unpaired) electrons. The topological polar surface area (TPSA) is 55.4 Å². The average molecular weight is 281 g/mol. The van der Waals surface area contributed by atoms with Gasteiger partial charge < -0.3 is 10.1 Å². The molecule has 1 aliphatic rings. The van der Waals surface area contributed by atoms with E-state index >= 15 is 0 Å². The highest BCUT2D eigenvalue weighted by Crippen LogP contribution is 2.36. The first-order valence-electron chi connectivity index (χ1n) is 6.62. The van der Waals surface area contributed by atoms with Crippen LogP contribution >= 0.6 is 11.3 Å². The smallest absolute Gasteiger partial charge is 0.341 e. The summed E-state index contributed by atoms with van der Waals surface area (Å²) in [5.74, 6) is -0.192. The minimum absolute atomic E-state index is 0.0193. The first kappa shape index (κ1) is 14.1. The quantitative estimate of drug-likeness (QED) is 0.843. The van der Waals surface area contributed by atoms with E-state index in [1.807, 2.05) is 20.8 Å². The molecule has 0 spiro atoms. The number of hydrogen-bond acceptors (Lipinski definition) is 4. The third-order valence-electron chi connectivity index (χ3n) is 3.21. The maximum absolute atomic E-state index is 12.1. The van der Waals surface area contributed by atoms with Crippen molar-refractivity contribution in [3.05, 3.63) is 16.0 Å². The van der Waals surface area contributed by atoms with E-state index in [0.29, 0.717) is 17.2 Å². The predicted molar refractivity (Wildman–Crippen MR) is 75.7 cm³/mol. The number of nitrogens with one attached hydrogen (secondary N) is 1. The summed E-state index contributed by atoms with van der Waals surface area (Å²) in [5.41, 5.74) is 1.42. The Morgan fingerprint density at radius 2 is 2.05 bits per heavy atom. The van der Waals surface area contributed by atoms with Gasteiger partial charge in [-0.3, -0.25) is 4.79 Å². The summed E-state index contributed by atoms with van der Waals surface area (Å²) >= 11 is 1.44. The molecule has 0 aliphatic heterocycles. The van der Waals surface area contributed by atoms with Crippen LogP contribution in [0.4, 0.5) is 5.00 Å². The van der Waals surface area contributed by atoms with Crippen molar-refractivity contribution in [3.8, 4) is 0 Å². The fraction of sp³-hybridized carbons (Fsp3) is 0.571. The van der Waals surface area contributed by atoms with E-state index in [-0.39, 0.29) is 17.8 Å². The number of thiophene rings is 1. The van der Waals surface area contributed by atoms with Gasteiger partial charge in [0.15, 0.2) is 0 Å². The van der Waals surface area contributed by atoms with Crippen LogP contribution in [-0.2, 0) is 9.53 Å². The molecular formula is C14H19NO3S. The van der Waals surface area contributed by atoms with Gasteiger partial charge in [0.25, 0.3) is 0 Å². The second-order valence-electron chi connectivity index (χ2n) is 4.89. The largest absolute Gasteiger partial charge is 0.462 e. The van der Waals surface area contributed by atoms with Crippen molar-refractivity contribution in [2.24, 2.45) is 5.92 Å². The minimum Gasteiger partial charge on any atom is -0.462 e. The van der Waals surface area contributed by atoms with Crippen molar-refractivity contribution < 1.29 is 14.3 Å². The molecule has 104 valence electrons. The zero-order chi connectivity index (χ0) is 14.0. The Morgan fingerprint density at radius 1 is 1.37 bits per heavy atom. The van der Waals surface area contributed by atoms with E-state index in [1.165, 1.54) is 11.3 Å². The summed E-state index contributed by atoms with van der Waals surface area (Å²) in [7, 11) is 0. The third kappa shape index (κ3) is 3.15. The van der Waals surface area contributed by atoms with Gasteiger partial charge in [0.2, 0.25) is 5.91 Å².